The SMILES string of the molecule is CCC(CC)(CC)N1CC[C@H](C)O[P+]1([O-])[C@H](Cc1ccccc1)c1ccccc1. The maximum atomic E-state index is 14.9. The van der Waals surface area contributed by atoms with Crippen molar-refractivity contribution in [1.82, 2.24) is 4.67 Å². The van der Waals surface area contributed by atoms with Crippen LogP contribution in [0.15, 0.2) is 60.7 Å². The Morgan fingerprint density at radius 3 is 2.10 bits per heavy atom. The highest BCUT2D eigenvalue weighted by Crippen LogP contribution is 2.72. The van der Waals surface area contributed by atoms with Crippen LogP contribution in [0.4, 0.5) is 0 Å². The maximum Gasteiger partial charge on any atom is 0.182 e. The van der Waals surface area contributed by atoms with Crippen LogP contribution in [-0.4, -0.2) is 22.9 Å². The average molecular weight is 414 g/mol. The Morgan fingerprint density at radius 1 is 1.00 bits per heavy atom. The zero-order valence-corrected chi connectivity index (χ0v) is 19.3. The normalized spacial score (nSPS) is 24.4. The van der Waals surface area contributed by atoms with Crippen LogP contribution in [-0.2, 0) is 10.9 Å². The smallest absolute Gasteiger partial charge is 0.182 e. The van der Waals surface area contributed by atoms with Gasteiger partial charge in [-0.15, -0.1) is 0 Å². The molecule has 1 saturated heterocycles. The molecule has 0 aliphatic carbocycles. The van der Waals surface area contributed by atoms with Gasteiger partial charge in [-0.25, -0.2) is 4.52 Å². The van der Waals surface area contributed by atoms with Crippen molar-refractivity contribution in [3.63, 3.8) is 0 Å². The van der Waals surface area contributed by atoms with Gasteiger partial charge in [-0.3, -0.25) is 0 Å². The van der Waals surface area contributed by atoms with E-state index in [1.165, 1.54) is 5.56 Å². The summed E-state index contributed by atoms with van der Waals surface area (Å²) in [6.07, 6.45) is 4.61. The summed E-state index contributed by atoms with van der Waals surface area (Å²) in [5.41, 5.74) is 2.06. The van der Waals surface area contributed by atoms with Crippen molar-refractivity contribution in [3.05, 3.63) is 71.8 Å². The second-order valence-corrected chi connectivity index (χ2v) is 10.7. The topological polar surface area (TPSA) is 35.5 Å². The first-order chi connectivity index (χ1) is 14.0. The van der Waals surface area contributed by atoms with Crippen molar-refractivity contribution in [3.8, 4) is 0 Å². The molecule has 0 saturated carbocycles. The van der Waals surface area contributed by atoms with Crippen molar-refractivity contribution in [2.75, 3.05) is 6.54 Å². The molecule has 3 nitrogen and oxygen atoms in total. The lowest BCUT2D eigenvalue weighted by atomic mass is 9.89. The van der Waals surface area contributed by atoms with Crippen molar-refractivity contribution in [2.24, 2.45) is 0 Å². The van der Waals surface area contributed by atoms with E-state index in [4.69, 9.17) is 4.52 Å². The van der Waals surface area contributed by atoms with Gasteiger partial charge in [-0.2, -0.15) is 4.67 Å². The molecule has 0 aromatic heterocycles. The number of rotatable bonds is 8. The van der Waals surface area contributed by atoms with Gasteiger partial charge in [0.15, 0.2) is 7.87 Å². The maximum absolute atomic E-state index is 14.9. The quantitative estimate of drug-likeness (QED) is 0.485. The lowest BCUT2D eigenvalue weighted by Crippen LogP contribution is -2.55. The molecule has 0 radical (unpaired) electrons. The van der Waals surface area contributed by atoms with Crippen LogP contribution in [0, 0.1) is 0 Å². The van der Waals surface area contributed by atoms with Crippen molar-refractivity contribution in [2.45, 2.75) is 77.1 Å². The van der Waals surface area contributed by atoms with Gasteiger partial charge in [0.1, 0.15) is 11.8 Å². The Bertz CT molecular complexity index is 742. The predicted octanol–water partition coefficient (Wildman–Crippen LogP) is 6.17. The number of hydrogen-bond acceptors (Lipinski definition) is 3. The monoisotopic (exact) mass is 413 g/mol. The standard InChI is InChI=1S/C25H36NO2P/c1-5-25(6-2,7-3)26-19-18-21(4)28-29(26,27)24(23-16-12-9-13-17-23)20-22-14-10-8-11-15-22/h8-17,21,24H,5-7,18-20H2,1-4H3/t21-,24+,29?/m0/s1. The van der Waals surface area contributed by atoms with Crippen molar-refractivity contribution in [1.29, 1.82) is 0 Å². The van der Waals surface area contributed by atoms with Crippen molar-refractivity contribution < 1.29 is 9.42 Å². The summed E-state index contributed by atoms with van der Waals surface area (Å²) in [6, 6.07) is 20.8. The third-order valence-corrected chi connectivity index (χ3v) is 10.0. The molecule has 1 fully saturated rings. The van der Waals surface area contributed by atoms with Gasteiger partial charge >= 0.3 is 0 Å². The summed E-state index contributed by atoms with van der Waals surface area (Å²) in [6.45, 7) is 9.59. The van der Waals surface area contributed by atoms with E-state index in [-0.39, 0.29) is 17.3 Å². The second kappa shape index (κ2) is 9.71. The number of benzene rings is 2. The van der Waals surface area contributed by atoms with Gasteiger partial charge in [0.25, 0.3) is 0 Å². The Morgan fingerprint density at radius 2 is 1.55 bits per heavy atom. The summed E-state index contributed by atoms with van der Waals surface area (Å²) in [4.78, 5) is 14.9. The van der Waals surface area contributed by atoms with E-state index in [1.807, 2.05) is 24.3 Å². The highest BCUT2D eigenvalue weighted by atomic mass is 31.2. The molecule has 0 N–H and O–H groups in total. The van der Waals surface area contributed by atoms with Gasteiger partial charge in [0.2, 0.25) is 0 Å². The minimum atomic E-state index is -3.11. The third-order valence-electron chi connectivity index (χ3n) is 6.79. The summed E-state index contributed by atoms with van der Waals surface area (Å²) in [7, 11) is -3.11. The summed E-state index contributed by atoms with van der Waals surface area (Å²) in [5.74, 6) is 0. The lowest BCUT2D eigenvalue weighted by molar-refractivity contribution is -0.225. The molecule has 2 aromatic rings. The summed E-state index contributed by atoms with van der Waals surface area (Å²) in [5, 5.41) is 0. The van der Waals surface area contributed by atoms with E-state index >= 15 is 0 Å². The van der Waals surface area contributed by atoms with Crippen LogP contribution in [0.3, 0.4) is 0 Å². The van der Waals surface area contributed by atoms with Gasteiger partial charge in [0.05, 0.1) is 5.54 Å². The molecule has 3 rings (SSSR count). The Balaban J connectivity index is 2.10. The molecule has 0 amide bonds. The Labute approximate surface area is 177 Å². The highest BCUT2D eigenvalue weighted by Gasteiger charge is 2.55. The molecule has 0 bridgehead atoms. The molecule has 1 aliphatic rings. The molecule has 29 heavy (non-hydrogen) atoms. The van der Waals surface area contributed by atoms with E-state index in [0.29, 0.717) is 0 Å². The first-order valence-corrected chi connectivity index (χ1v) is 12.8. The second-order valence-electron chi connectivity index (χ2n) is 8.29. The summed E-state index contributed by atoms with van der Waals surface area (Å²) >= 11 is 0. The summed E-state index contributed by atoms with van der Waals surface area (Å²) < 4.78 is 8.76. The molecule has 3 atom stereocenters. The minimum absolute atomic E-state index is 0.0161. The molecule has 158 valence electrons. The fourth-order valence-electron chi connectivity index (χ4n) is 4.82. The molecule has 1 aliphatic heterocycles. The number of nitrogens with zero attached hydrogens (tertiary/aromatic N) is 1. The van der Waals surface area contributed by atoms with E-state index < -0.39 is 7.87 Å². The number of hydrogen-bond donors (Lipinski definition) is 0. The van der Waals surface area contributed by atoms with Crippen LogP contribution >= 0.6 is 7.87 Å². The fraction of sp³-hybridized carbons (Fsp3) is 0.520. The van der Waals surface area contributed by atoms with Gasteiger partial charge in [0, 0.05) is 13.0 Å². The Hall–Kier alpha value is -1.25. The molecule has 1 heterocycles. The Kier molecular flexibility index (Phi) is 7.51. The van der Waals surface area contributed by atoms with Crippen LogP contribution in [0.2, 0.25) is 0 Å². The van der Waals surface area contributed by atoms with E-state index in [1.54, 1.807) is 0 Å². The van der Waals surface area contributed by atoms with Gasteiger partial charge in [-0.1, -0.05) is 81.4 Å². The van der Waals surface area contributed by atoms with Crippen LogP contribution in [0.5, 0.6) is 0 Å². The third kappa shape index (κ3) is 4.59. The first kappa shape index (κ1) is 22.4. The van der Waals surface area contributed by atoms with Crippen LogP contribution in [0.1, 0.15) is 70.2 Å². The van der Waals surface area contributed by atoms with E-state index in [0.717, 1.165) is 44.2 Å². The molecule has 1 unspecified atom stereocenters. The van der Waals surface area contributed by atoms with Crippen LogP contribution in [0.25, 0.3) is 0 Å². The van der Waals surface area contributed by atoms with E-state index in [9.17, 15) is 4.89 Å². The van der Waals surface area contributed by atoms with E-state index in [2.05, 4.69) is 68.8 Å². The van der Waals surface area contributed by atoms with Crippen LogP contribution < -0.4 is 4.89 Å². The van der Waals surface area contributed by atoms with Crippen molar-refractivity contribution >= 4 is 7.87 Å². The zero-order chi connectivity index (χ0) is 20.9. The van der Waals surface area contributed by atoms with Gasteiger partial charge in [-0.05, 0) is 43.7 Å². The molecule has 0 spiro atoms. The van der Waals surface area contributed by atoms with Gasteiger partial charge < -0.3 is 4.89 Å². The molecule has 4 heteroatoms. The molecular formula is C25H36NO2P. The first-order valence-electron chi connectivity index (χ1n) is 11.1. The largest absolute Gasteiger partial charge is 0.641 e. The fourth-order valence-corrected chi connectivity index (χ4v) is 8.44. The molecular weight excluding hydrogens is 377 g/mol. The minimum Gasteiger partial charge on any atom is -0.641 e. The average Bonchev–Trinajstić information content (AvgIpc) is 2.76. The predicted molar refractivity (Wildman–Crippen MR) is 122 cm³/mol. The molecule has 2 aromatic carbocycles. The zero-order valence-electron chi connectivity index (χ0n) is 18.4. The highest BCUT2D eigenvalue weighted by molar-refractivity contribution is 7.62. The lowest BCUT2D eigenvalue weighted by Gasteiger charge is -2.55.